The van der Waals surface area contributed by atoms with Crippen LogP contribution in [-0.2, 0) is 4.79 Å². The van der Waals surface area contributed by atoms with Crippen molar-refractivity contribution < 1.29 is 9.90 Å². The molecule has 1 heterocycles. The van der Waals surface area contributed by atoms with Gasteiger partial charge in [0, 0.05) is 23.7 Å². The molecule has 0 aromatic carbocycles. The van der Waals surface area contributed by atoms with Gasteiger partial charge in [0.25, 0.3) is 0 Å². The number of anilines is 1. The average Bonchev–Trinajstić information content (AvgIpc) is 2.32. The minimum Gasteiger partial charge on any atom is -0.480 e. The molecule has 0 aliphatic carbocycles. The summed E-state index contributed by atoms with van der Waals surface area (Å²) in [4.78, 5) is 14.8. The molecular formula is C12H19N3O2S. The van der Waals surface area contributed by atoms with Gasteiger partial charge in [-0.2, -0.15) is 11.8 Å². The van der Waals surface area contributed by atoms with Crippen molar-refractivity contribution in [2.24, 2.45) is 5.73 Å². The van der Waals surface area contributed by atoms with E-state index < -0.39 is 12.0 Å². The van der Waals surface area contributed by atoms with Gasteiger partial charge in [0.2, 0.25) is 0 Å². The molecule has 6 heteroatoms. The number of pyridine rings is 1. The Morgan fingerprint density at radius 3 is 2.94 bits per heavy atom. The Labute approximate surface area is 111 Å². The number of carbonyl (C=O) groups is 1. The molecule has 0 saturated carbocycles. The van der Waals surface area contributed by atoms with E-state index >= 15 is 0 Å². The number of aryl methyl sites for hydroxylation is 1. The number of aliphatic carboxylic acids is 1. The van der Waals surface area contributed by atoms with Crippen molar-refractivity contribution in [3.05, 3.63) is 23.9 Å². The fourth-order valence-electron chi connectivity index (χ4n) is 1.35. The molecule has 0 saturated heterocycles. The molecule has 0 aliphatic rings. The number of carboxylic acids is 1. The molecule has 5 nitrogen and oxygen atoms in total. The molecule has 0 aliphatic heterocycles. The van der Waals surface area contributed by atoms with Crippen molar-refractivity contribution in [3.63, 3.8) is 0 Å². The van der Waals surface area contributed by atoms with Crippen LogP contribution < -0.4 is 11.1 Å². The molecule has 0 bridgehead atoms. The first-order valence-corrected chi connectivity index (χ1v) is 6.90. The van der Waals surface area contributed by atoms with Gasteiger partial charge in [0.05, 0.1) is 0 Å². The van der Waals surface area contributed by atoms with Crippen LogP contribution in [0.2, 0.25) is 0 Å². The first-order chi connectivity index (χ1) is 8.50. The van der Waals surface area contributed by atoms with Gasteiger partial charge < -0.3 is 16.2 Å². The summed E-state index contributed by atoms with van der Waals surface area (Å²) >= 11 is 1.53. The summed E-state index contributed by atoms with van der Waals surface area (Å²) in [5, 5.41) is 11.9. The molecule has 0 fully saturated rings. The lowest BCUT2D eigenvalue weighted by Crippen LogP contribution is -2.33. The van der Waals surface area contributed by atoms with E-state index in [1.54, 1.807) is 6.20 Å². The Morgan fingerprint density at radius 2 is 2.33 bits per heavy atom. The normalized spacial score (nSPS) is 13.9. The van der Waals surface area contributed by atoms with Gasteiger partial charge in [-0.3, -0.25) is 4.79 Å². The van der Waals surface area contributed by atoms with E-state index in [0.717, 1.165) is 17.1 Å². The number of hydrogen-bond acceptors (Lipinski definition) is 5. The Morgan fingerprint density at radius 1 is 1.61 bits per heavy atom. The third-order valence-electron chi connectivity index (χ3n) is 2.38. The number of aromatic nitrogens is 1. The van der Waals surface area contributed by atoms with Crippen LogP contribution >= 0.6 is 11.8 Å². The van der Waals surface area contributed by atoms with Crippen molar-refractivity contribution in [1.82, 2.24) is 4.98 Å². The van der Waals surface area contributed by atoms with Crippen LogP contribution in [0.4, 0.5) is 5.82 Å². The Kier molecular flexibility index (Phi) is 5.94. The molecule has 100 valence electrons. The van der Waals surface area contributed by atoms with Gasteiger partial charge in [0.1, 0.15) is 11.9 Å². The summed E-state index contributed by atoms with van der Waals surface area (Å²) in [7, 11) is 0. The predicted octanol–water partition coefficient (Wildman–Crippen LogP) is 1.34. The van der Waals surface area contributed by atoms with Gasteiger partial charge in [-0.25, -0.2) is 4.98 Å². The Bertz CT molecular complexity index is 401. The van der Waals surface area contributed by atoms with Gasteiger partial charge in [0.15, 0.2) is 0 Å². The lowest BCUT2D eigenvalue weighted by molar-refractivity contribution is -0.137. The molecular weight excluding hydrogens is 250 g/mol. The van der Waals surface area contributed by atoms with Crippen molar-refractivity contribution >= 4 is 23.5 Å². The van der Waals surface area contributed by atoms with Crippen molar-refractivity contribution in [2.45, 2.75) is 25.9 Å². The van der Waals surface area contributed by atoms with Gasteiger partial charge >= 0.3 is 5.97 Å². The van der Waals surface area contributed by atoms with E-state index in [1.165, 1.54) is 11.8 Å². The first kappa shape index (κ1) is 14.8. The van der Waals surface area contributed by atoms with Crippen LogP contribution in [0.1, 0.15) is 12.5 Å². The molecule has 0 spiro atoms. The lowest BCUT2D eigenvalue weighted by atomic mass is 10.2. The maximum atomic E-state index is 10.5. The molecule has 2 atom stereocenters. The van der Waals surface area contributed by atoms with Crippen LogP contribution in [-0.4, -0.2) is 39.6 Å². The van der Waals surface area contributed by atoms with Crippen LogP contribution in [0.3, 0.4) is 0 Å². The highest BCUT2D eigenvalue weighted by molar-refractivity contribution is 7.99. The third-order valence-corrected chi connectivity index (χ3v) is 3.71. The first-order valence-electron chi connectivity index (χ1n) is 5.75. The topological polar surface area (TPSA) is 88.2 Å². The van der Waals surface area contributed by atoms with E-state index in [0.29, 0.717) is 5.75 Å². The maximum Gasteiger partial charge on any atom is 0.321 e. The Hall–Kier alpha value is -1.27. The van der Waals surface area contributed by atoms with Crippen molar-refractivity contribution in [1.29, 1.82) is 0 Å². The van der Waals surface area contributed by atoms with E-state index in [2.05, 4.69) is 10.3 Å². The minimum atomic E-state index is -0.955. The monoisotopic (exact) mass is 269 g/mol. The molecule has 1 unspecified atom stereocenters. The molecule has 1 aromatic rings. The summed E-state index contributed by atoms with van der Waals surface area (Å²) in [6.07, 6.45) is 1.75. The number of nitrogens with one attached hydrogen (secondary N) is 1. The average molecular weight is 269 g/mol. The second kappa shape index (κ2) is 7.23. The number of nitrogens with zero attached hydrogens (tertiary/aromatic N) is 1. The number of nitrogens with two attached hydrogens (primary N) is 1. The fourth-order valence-corrected chi connectivity index (χ4v) is 2.32. The molecule has 1 aromatic heterocycles. The van der Waals surface area contributed by atoms with E-state index in [9.17, 15) is 4.79 Å². The third kappa shape index (κ3) is 4.93. The second-order valence-electron chi connectivity index (χ2n) is 4.20. The van der Waals surface area contributed by atoms with Gasteiger partial charge in [-0.15, -0.1) is 0 Å². The van der Waals surface area contributed by atoms with Crippen LogP contribution in [0, 0.1) is 6.92 Å². The van der Waals surface area contributed by atoms with E-state index in [-0.39, 0.29) is 6.04 Å². The number of rotatable bonds is 7. The summed E-state index contributed by atoms with van der Waals surface area (Å²) in [6.45, 7) is 4.03. The molecule has 18 heavy (non-hydrogen) atoms. The predicted molar refractivity (Wildman–Crippen MR) is 75.0 cm³/mol. The van der Waals surface area contributed by atoms with Crippen LogP contribution in [0.5, 0.6) is 0 Å². The smallest absolute Gasteiger partial charge is 0.321 e. The molecule has 0 radical (unpaired) electrons. The highest BCUT2D eigenvalue weighted by atomic mass is 32.2. The summed E-state index contributed by atoms with van der Waals surface area (Å²) in [5.74, 6) is 1.12. The summed E-state index contributed by atoms with van der Waals surface area (Å²) in [6, 6.07) is 3.31. The van der Waals surface area contributed by atoms with E-state index in [1.807, 2.05) is 26.0 Å². The van der Waals surface area contributed by atoms with Crippen molar-refractivity contribution in [3.8, 4) is 0 Å². The SMILES string of the molecule is Cc1cccnc1NC(C)CSC[C@H](N)C(=O)O. The minimum absolute atomic E-state index is 0.213. The van der Waals surface area contributed by atoms with Crippen LogP contribution in [0.15, 0.2) is 18.3 Å². The van der Waals surface area contributed by atoms with Crippen LogP contribution in [0.25, 0.3) is 0 Å². The highest BCUT2D eigenvalue weighted by Crippen LogP contribution is 2.13. The molecule has 1 rings (SSSR count). The Balaban J connectivity index is 2.32. The quantitative estimate of drug-likeness (QED) is 0.692. The zero-order valence-corrected chi connectivity index (χ0v) is 11.4. The summed E-state index contributed by atoms with van der Waals surface area (Å²) < 4.78 is 0. The number of hydrogen-bond donors (Lipinski definition) is 3. The largest absolute Gasteiger partial charge is 0.480 e. The van der Waals surface area contributed by atoms with Gasteiger partial charge in [-0.05, 0) is 25.5 Å². The highest BCUT2D eigenvalue weighted by Gasteiger charge is 2.12. The zero-order valence-electron chi connectivity index (χ0n) is 10.6. The molecule has 0 amide bonds. The fraction of sp³-hybridized carbons (Fsp3) is 0.500. The standard InChI is InChI=1S/C12H19N3O2S/c1-8-4-3-5-14-11(8)15-9(2)6-18-7-10(13)12(16)17/h3-5,9-10H,6-7,13H2,1-2H3,(H,14,15)(H,16,17)/t9?,10-/m0/s1. The number of thioether (sulfide) groups is 1. The maximum absolute atomic E-state index is 10.5. The zero-order chi connectivity index (χ0) is 13.5. The summed E-state index contributed by atoms with van der Waals surface area (Å²) in [5.41, 5.74) is 6.52. The lowest BCUT2D eigenvalue weighted by Gasteiger charge is -2.16. The molecule has 4 N–H and O–H groups in total. The van der Waals surface area contributed by atoms with E-state index in [4.69, 9.17) is 10.8 Å². The van der Waals surface area contributed by atoms with Crippen molar-refractivity contribution in [2.75, 3.05) is 16.8 Å². The van der Waals surface area contributed by atoms with Gasteiger partial charge in [-0.1, -0.05) is 6.07 Å². The second-order valence-corrected chi connectivity index (χ2v) is 5.27. The number of carboxylic acid groups (broad SMARTS) is 1.